The second-order valence-corrected chi connectivity index (χ2v) is 7.11. The number of benzene rings is 2. The maximum Gasteiger partial charge on any atom is 0.214 e. The Morgan fingerprint density at radius 2 is 2.00 bits per heavy atom. The molecule has 3 aromatic rings. The minimum absolute atomic E-state index is 0.220. The van der Waals surface area contributed by atoms with Gasteiger partial charge >= 0.3 is 0 Å². The predicted octanol–water partition coefficient (Wildman–Crippen LogP) is 2.77. The molecule has 5 N–H and O–H groups in total. The zero-order valence-electron chi connectivity index (χ0n) is 14.7. The molecule has 1 aromatic heterocycles. The van der Waals surface area contributed by atoms with E-state index in [1.807, 2.05) is 30.3 Å². The Balaban J connectivity index is 1.58. The number of fused-ring (bicyclic) bond motifs is 3. The number of aryl methyl sites for hydroxylation is 1. The van der Waals surface area contributed by atoms with Crippen LogP contribution in [0.2, 0.25) is 0 Å². The first kappa shape index (κ1) is 16.7. The van der Waals surface area contributed by atoms with Crippen LogP contribution in [0.5, 0.6) is 0 Å². The van der Waals surface area contributed by atoms with Crippen LogP contribution in [0, 0.1) is 0 Å². The monoisotopic (exact) mass is 348 g/mol. The van der Waals surface area contributed by atoms with Gasteiger partial charge in [0.1, 0.15) is 0 Å². The van der Waals surface area contributed by atoms with E-state index in [0.29, 0.717) is 6.54 Å². The summed E-state index contributed by atoms with van der Waals surface area (Å²) < 4.78 is 0. The van der Waals surface area contributed by atoms with Gasteiger partial charge in [0.05, 0.1) is 0 Å². The summed E-state index contributed by atoms with van der Waals surface area (Å²) in [4.78, 5) is 16.9. The fourth-order valence-corrected chi connectivity index (χ4v) is 3.79. The van der Waals surface area contributed by atoms with Crippen molar-refractivity contribution in [1.82, 2.24) is 4.98 Å². The number of carbonyl (C=O) groups is 1. The SMILES string of the molecule is Nc1ccc(CCN(C=O)c2ccc3[nH]c4c(c3c2)CC(N)CC4)cc1. The van der Waals surface area contributed by atoms with Crippen molar-refractivity contribution < 1.29 is 4.79 Å². The summed E-state index contributed by atoms with van der Waals surface area (Å²) in [6.07, 6.45) is 4.60. The van der Waals surface area contributed by atoms with Gasteiger partial charge in [-0.3, -0.25) is 4.79 Å². The van der Waals surface area contributed by atoms with E-state index in [0.717, 1.165) is 54.5 Å². The molecule has 2 aromatic carbocycles. The number of amides is 1. The van der Waals surface area contributed by atoms with E-state index in [9.17, 15) is 4.79 Å². The zero-order chi connectivity index (χ0) is 18.1. The van der Waals surface area contributed by atoms with Crippen molar-refractivity contribution in [3.05, 3.63) is 59.3 Å². The van der Waals surface area contributed by atoms with Gasteiger partial charge in [0.15, 0.2) is 0 Å². The Labute approximate surface area is 153 Å². The van der Waals surface area contributed by atoms with Crippen LogP contribution in [-0.4, -0.2) is 24.0 Å². The lowest BCUT2D eigenvalue weighted by Crippen LogP contribution is -2.27. The molecule has 1 atom stereocenters. The van der Waals surface area contributed by atoms with E-state index in [1.54, 1.807) is 4.90 Å². The molecule has 0 aliphatic heterocycles. The highest BCUT2D eigenvalue weighted by atomic mass is 16.1. The van der Waals surface area contributed by atoms with Gasteiger partial charge < -0.3 is 21.4 Å². The van der Waals surface area contributed by atoms with Crippen molar-refractivity contribution in [3.8, 4) is 0 Å². The number of aromatic amines is 1. The lowest BCUT2D eigenvalue weighted by molar-refractivity contribution is -0.107. The molecule has 1 amide bonds. The van der Waals surface area contributed by atoms with E-state index < -0.39 is 0 Å². The number of hydrogen-bond donors (Lipinski definition) is 3. The lowest BCUT2D eigenvalue weighted by atomic mass is 9.92. The summed E-state index contributed by atoms with van der Waals surface area (Å²) in [7, 11) is 0. The summed E-state index contributed by atoms with van der Waals surface area (Å²) in [6.45, 7) is 0.630. The molecule has 0 bridgehead atoms. The van der Waals surface area contributed by atoms with Gasteiger partial charge in [-0.1, -0.05) is 12.1 Å². The van der Waals surface area contributed by atoms with E-state index in [-0.39, 0.29) is 6.04 Å². The van der Waals surface area contributed by atoms with Crippen LogP contribution >= 0.6 is 0 Å². The Hall–Kier alpha value is -2.79. The number of carbonyl (C=O) groups excluding carboxylic acids is 1. The Bertz CT molecular complexity index is 929. The molecule has 0 fully saturated rings. The number of aromatic nitrogens is 1. The quantitative estimate of drug-likeness (QED) is 0.489. The number of H-pyrrole nitrogens is 1. The van der Waals surface area contributed by atoms with Gasteiger partial charge in [0.2, 0.25) is 6.41 Å². The van der Waals surface area contributed by atoms with Crippen LogP contribution in [0.3, 0.4) is 0 Å². The van der Waals surface area contributed by atoms with Crippen molar-refractivity contribution in [3.63, 3.8) is 0 Å². The Morgan fingerprint density at radius 1 is 1.19 bits per heavy atom. The van der Waals surface area contributed by atoms with E-state index in [2.05, 4.69) is 17.1 Å². The molecular weight excluding hydrogens is 324 g/mol. The molecule has 0 saturated heterocycles. The molecule has 134 valence electrons. The first-order chi connectivity index (χ1) is 12.6. The van der Waals surface area contributed by atoms with E-state index in [1.165, 1.54) is 16.6 Å². The summed E-state index contributed by atoms with van der Waals surface area (Å²) in [5.41, 5.74) is 18.4. The van der Waals surface area contributed by atoms with Crippen LogP contribution in [0.4, 0.5) is 11.4 Å². The third-order valence-electron chi connectivity index (χ3n) is 5.29. The highest BCUT2D eigenvalue weighted by Crippen LogP contribution is 2.31. The summed E-state index contributed by atoms with van der Waals surface area (Å²) >= 11 is 0. The largest absolute Gasteiger partial charge is 0.399 e. The van der Waals surface area contributed by atoms with Gasteiger partial charge in [-0.25, -0.2) is 0 Å². The maximum absolute atomic E-state index is 11.7. The van der Waals surface area contributed by atoms with Crippen LogP contribution < -0.4 is 16.4 Å². The minimum Gasteiger partial charge on any atom is -0.399 e. The highest BCUT2D eigenvalue weighted by molar-refractivity contribution is 5.90. The van der Waals surface area contributed by atoms with Crippen molar-refractivity contribution in [2.45, 2.75) is 31.7 Å². The molecule has 1 aliphatic rings. The number of nitrogens with zero attached hydrogens (tertiary/aromatic N) is 1. The van der Waals surface area contributed by atoms with Crippen molar-refractivity contribution in [1.29, 1.82) is 0 Å². The minimum atomic E-state index is 0.220. The molecule has 0 saturated carbocycles. The number of rotatable bonds is 5. The van der Waals surface area contributed by atoms with Gasteiger partial charge in [-0.2, -0.15) is 0 Å². The number of hydrogen-bond acceptors (Lipinski definition) is 3. The normalized spacial score (nSPS) is 16.4. The standard InChI is InChI=1S/C21H24N4O/c22-15-3-1-14(2-4-15)9-10-25(13-26)17-6-8-21-19(12-17)18-11-16(23)5-7-20(18)24-21/h1-4,6,8,12-13,16,24H,5,7,9-11,22-23H2. The second kappa shape index (κ2) is 6.84. The second-order valence-electron chi connectivity index (χ2n) is 7.11. The van der Waals surface area contributed by atoms with Gasteiger partial charge in [0, 0.05) is 40.6 Å². The van der Waals surface area contributed by atoms with E-state index >= 15 is 0 Å². The van der Waals surface area contributed by atoms with Gasteiger partial charge in [-0.05, 0) is 67.1 Å². The molecule has 5 nitrogen and oxygen atoms in total. The van der Waals surface area contributed by atoms with Gasteiger partial charge in [-0.15, -0.1) is 0 Å². The number of anilines is 2. The summed E-state index contributed by atoms with van der Waals surface area (Å²) in [5.74, 6) is 0. The average Bonchev–Trinajstić information content (AvgIpc) is 3.01. The summed E-state index contributed by atoms with van der Waals surface area (Å²) in [5, 5.41) is 1.19. The Morgan fingerprint density at radius 3 is 2.77 bits per heavy atom. The Kier molecular flexibility index (Phi) is 4.39. The van der Waals surface area contributed by atoms with Crippen LogP contribution in [0.15, 0.2) is 42.5 Å². The molecular formula is C21H24N4O. The van der Waals surface area contributed by atoms with Crippen molar-refractivity contribution >= 4 is 28.7 Å². The third-order valence-corrected chi connectivity index (χ3v) is 5.29. The van der Waals surface area contributed by atoms with Gasteiger partial charge in [0.25, 0.3) is 0 Å². The molecule has 1 aliphatic carbocycles. The van der Waals surface area contributed by atoms with E-state index in [4.69, 9.17) is 11.5 Å². The van der Waals surface area contributed by atoms with Crippen LogP contribution in [0.25, 0.3) is 10.9 Å². The summed E-state index contributed by atoms with van der Waals surface area (Å²) in [6, 6.07) is 14.2. The first-order valence-electron chi connectivity index (χ1n) is 9.09. The molecule has 4 rings (SSSR count). The fourth-order valence-electron chi connectivity index (χ4n) is 3.79. The highest BCUT2D eigenvalue weighted by Gasteiger charge is 2.20. The topological polar surface area (TPSA) is 88.1 Å². The lowest BCUT2D eigenvalue weighted by Gasteiger charge is -2.19. The molecule has 0 spiro atoms. The van der Waals surface area contributed by atoms with Crippen molar-refractivity contribution in [2.75, 3.05) is 17.2 Å². The first-order valence-corrected chi connectivity index (χ1v) is 9.09. The number of nitrogens with two attached hydrogens (primary N) is 2. The number of nitrogen functional groups attached to an aromatic ring is 1. The third kappa shape index (κ3) is 3.18. The average molecular weight is 348 g/mol. The fraction of sp³-hybridized carbons (Fsp3) is 0.286. The number of nitrogens with one attached hydrogen (secondary N) is 1. The van der Waals surface area contributed by atoms with Crippen LogP contribution in [-0.2, 0) is 24.1 Å². The molecule has 5 heteroatoms. The van der Waals surface area contributed by atoms with Crippen LogP contribution in [0.1, 0.15) is 23.2 Å². The molecule has 1 heterocycles. The maximum atomic E-state index is 11.7. The molecule has 0 radical (unpaired) electrons. The molecule has 1 unspecified atom stereocenters. The molecule has 26 heavy (non-hydrogen) atoms. The zero-order valence-corrected chi connectivity index (χ0v) is 14.7. The smallest absolute Gasteiger partial charge is 0.214 e. The predicted molar refractivity (Wildman–Crippen MR) is 106 cm³/mol. The van der Waals surface area contributed by atoms with Crippen molar-refractivity contribution in [2.24, 2.45) is 5.73 Å².